The predicted molar refractivity (Wildman–Crippen MR) is 163 cm³/mol. The number of hydrogen-bond donors (Lipinski definition) is 2. The van der Waals surface area contributed by atoms with E-state index in [9.17, 15) is 0 Å². The summed E-state index contributed by atoms with van der Waals surface area (Å²) in [5.41, 5.74) is 21.4. The monoisotopic (exact) mass is 500 g/mol. The standard InChI is InChI=1S/C36H40N2/c1-8-29-17-13-20-32(27(5)23-22-24(29)2)36(7,38-35(37)31-18-10-9-14-26(31)4)33-21-12-16-28(6)34(33)30-19-11-15-25(30)3/h8-10,12-23,27,35,38H,2,37H2,1,3-7H3/b17-13-,23-22-,29-8-,32-20+. The first-order valence-corrected chi connectivity index (χ1v) is 13.4. The van der Waals surface area contributed by atoms with Crippen molar-refractivity contribution < 1.29 is 0 Å². The smallest absolute Gasteiger partial charge is 0.0821 e. The van der Waals surface area contributed by atoms with E-state index in [0.717, 1.165) is 16.7 Å². The van der Waals surface area contributed by atoms with E-state index in [2.05, 4.69) is 150 Å². The van der Waals surface area contributed by atoms with Gasteiger partial charge < -0.3 is 5.73 Å². The highest BCUT2D eigenvalue weighted by molar-refractivity contribution is 5.84. The Hall–Kier alpha value is -3.68. The molecule has 194 valence electrons. The van der Waals surface area contributed by atoms with Gasteiger partial charge in [-0.3, -0.25) is 5.32 Å². The molecule has 3 unspecified atom stereocenters. The second-order valence-electron chi connectivity index (χ2n) is 10.6. The lowest BCUT2D eigenvalue weighted by atomic mass is 9.73. The maximum Gasteiger partial charge on any atom is 0.0821 e. The largest absolute Gasteiger partial charge is 0.312 e. The van der Waals surface area contributed by atoms with Crippen LogP contribution in [0.3, 0.4) is 0 Å². The molecule has 0 saturated heterocycles. The molecular weight excluding hydrogens is 460 g/mol. The summed E-state index contributed by atoms with van der Waals surface area (Å²) in [5.74, 6) is 0.134. The Balaban J connectivity index is 1.97. The molecule has 2 nitrogen and oxygen atoms in total. The summed E-state index contributed by atoms with van der Waals surface area (Å²) < 4.78 is 0. The molecule has 2 aliphatic carbocycles. The molecule has 0 saturated carbocycles. The second-order valence-corrected chi connectivity index (χ2v) is 10.6. The lowest BCUT2D eigenvalue weighted by Crippen LogP contribution is -2.48. The number of nitrogens with one attached hydrogen (secondary N) is 1. The van der Waals surface area contributed by atoms with E-state index < -0.39 is 5.54 Å². The van der Waals surface area contributed by atoms with Crippen LogP contribution in [0.1, 0.15) is 61.7 Å². The van der Waals surface area contributed by atoms with Crippen molar-refractivity contribution in [1.82, 2.24) is 5.32 Å². The van der Waals surface area contributed by atoms with Crippen LogP contribution in [0.4, 0.5) is 0 Å². The fourth-order valence-electron chi connectivity index (χ4n) is 5.67. The van der Waals surface area contributed by atoms with Crippen LogP contribution in [0, 0.1) is 19.8 Å². The minimum Gasteiger partial charge on any atom is -0.312 e. The number of aryl methyl sites for hydroxylation is 2. The molecule has 3 N–H and O–H groups in total. The lowest BCUT2D eigenvalue weighted by molar-refractivity contribution is 0.351. The summed E-state index contributed by atoms with van der Waals surface area (Å²) in [5, 5.41) is 3.92. The molecule has 0 heterocycles. The maximum atomic E-state index is 6.97. The Labute approximate surface area is 229 Å². The zero-order chi connectivity index (χ0) is 27.4. The normalized spacial score (nSPS) is 23.9. The van der Waals surface area contributed by atoms with E-state index in [1.807, 2.05) is 0 Å². The van der Waals surface area contributed by atoms with Crippen molar-refractivity contribution in [3.8, 4) is 0 Å². The predicted octanol–water partition coefficient (Wildman–Crippen LogP) is 8.46. The van der Waals surface area contributed by atoms with Gasteiger partial charge >= 0.3 is 0 Å². The van der Waals surface area contributed by atoms with E-state index in [4.69, 9.17) is 5.73 Å². The number of nitrogens with two attached hydrogens (primary N) is 1. The summed E-state index contributed by atoms with van der Waals surface area (Å²) >= 11 is 0. The minimum absolute atomic E-state index is 0.134. The van der Waals surface area contributed by atoms with Crippen LogP contribution in [0.15, 0.2) is 126 Å². The van der Waals surface area contributed by atoms with E-state index in [1.165, 1.54) is 39.0 Å². The molecular formula is C36H40N2. The van der Waals surface area contributed by atoms with E-state index in [-0.39, 0.29) is 12.1 Å². The third-order valence-electron chi connectivity index (χ3n) is 7.89. The van der Waals surface area contributed by atoms with Crippen LogP contribution < -0.4 is 11.1 Å². The Kier molecular flexibility index (Phi) is 8.19. The highest BCUT2D eigenvalue weighted by Crippen LogP contribution is 2.42. The number of rotatable bonds is 6. The molecule has 0 radical (unpaired) electrons. The quantitative estimate of drug-likeness (QED) is 0.308. The third kappa shape index (κ3) is 5.30. The van der Waals surface area contributed by atoms with E-state index in [1.54, 1.807) is 0 Å². The van der Waals surface area contributed by atoms with Crippen molar-refractivity contribution in [2.75, 3.05) is 0 Å². The molecule has 0 aromatic heterocycles. The molecule has 2 aromatic carbocycles. The summed E-state index contributed by atoms with van der Waals surface area (Å²) in [6, 6.07) is 14.9. The molecule has 2 heteroatoms. The van der Waals surface area contributed by atoms with Gasteiger partial charge in [-0.05, 0) is 108 Å². The van der Waals surface area contributed by atoms with E-state index in [0.29, 0.717) is 0 Å². The van der Waals surface area contributed by atoms with Gasteiger partial charge in [0.15, 0.2) is 0 Å². The molecule has 38 heavy (non-hydrogen) atoms. The van der Waals surface area contributed by atoms with Gasteiger partial charge in [0.1, 0.15) is 0 Å². The van der Waals surface area contributed by atoms with Gasteiger partial charge in [0.2, 0.25) is 0 Å². The molecule has 0 bridgehead atoms. The highest BCUT2D eigenvalue weighted by Gasteiger charge is 2.37. The van der Waals surface area contributed by atoms with Crippen molar-refractivity contribution in [3.05, 3.63) is 153 Å². The van der Waals surface area contributed by atoms with E-state index >= 15 is 0 Å². The lowest BCUT2D eigenvalue weighted by Gasteiger charge is -2.41. The summed E-state index contributed by atoms with van der Waals surface area (Å²) in [6.07, 6.45) is 16.8. The van der Waals surface area contributed by atoms with Gasteiger partial charge in [0, 0.05) is 0 Å². The van der Waals surface area contributed by atoms with Crippen LogP contribution in [0.25, 0.3) is 5.57 Å². The first-order chi connectivity index (χ1) is 18.2. The molecule has 2 aromatic rings. The Morgan fingerprint density at radius 3 is 2.45 bits per heavy atom. The molecule has 0 spiro atoms. The van der Waals surface area contributed by atoms with Crippen LogP contribution in [-0.2, 0) is 5.54 Å². The third-order valence-corrected chi connectivity index (χ3v) is 7.89. The summed E-state index contributed by atoms with van der Waals surface area (Å²) in [7, 11) is 0. The maximum absolute atomic E-state index is 6.97. The van der Waals surface area contributed by atoms with Gasteiger partial charge in [-0.15, -0.1) is 5.73 Å². The first kappa shape index (κ1) is 27.4. The van der Waals surface area contributed by atoms with Crippen LogP contribution in [0.2, 0.25) is 0 Å². The van der Waals surface area contributed by atoms with Gasteiger partial charge in [0.25, 0.3) is 0 Å². The average molecular weight is 501 g/mol. The molecule has 0 aliphatic heterocycles. The highest BCUT2D eigenvalue weighted by atomic mass is 15.1. The first-order valence-electron chi connectivity index (χ1n) is 13.4. The van der Waals surface area contributed by atoms with Crippen molar-refractivity contribution in [3.63, 3.8) is 0 Å². The van der Waals surface area contributed by atoms with Crippen LogP contribution in [-0.4, -0.2) is 0 Å². The topological polar surface area (TPSA) is 38.0 Å². The Morgan fingerprint density at radius 1 is 1.03 bits per heavy atom. The Morgan fingerprint density at radius 2 is 1.76 bits per heavy atom. The average Bonchev–Trinajstić information content (AvgIpc) is 3.34. The number of allylic oxidation sites excluding steroid dienone is 11. The van der Waals surface area contributed by atoms with Crippen molar-refractivity contribution in [2.45, 2.75) is 53.2 Å². The van der Waals surface area contributed by atoms with Gasteiger partial charge in [-0.1, -0.05) is 92.4 Å². The SMILES string of the molecule is C=C1/C=C\C(C)\C(C(C)(NC(N)c2ccccc2C)c2cccc(C)c2C2=C(C)C=C=C2)=C/C=C\C1=C\C. The van der Waals surface area contributed by atoms with Crippen molar-refractivity contribution in [2.24, 2.45) is 11.7 Å². The minimum atomic E-state index is -0.581. The van der Waals surface area contributed by atoms with Gasteiger partial charge in [-0.2, -0.15) is 0 Å². The number of hydrogen-bond acceptors (Lipinski definition) is 2. The Bertz CT molecular complexity index is 1470. The molecule has 0 amide bonds. The molecule has 4 rings (SSSR count). The fraction of sp³-hybridized carbons (Fsp3) is 0.250. The van der Waals surface area contributed by atoms with Crippen LogP contribution >= 0.6 is 0 Å². The van der Waals surface area contributed by atoms with Crippen molar-refractivity contribution in [1.29, 1.82) is 0 Å². The summed E-state index contributed by atoms with van der Waals surface area (Å²) in [6.45, 7) is 17.3. The van der Waals surface area contributed by atoms with Gasteiger partial charge in [0.05, 0.1) is 11.7 Å². The molecule has 2 aliphatic rings. The second kappa shape index (κ2) is 11.4. The zero-order valence-electron chi connectivity index (χ0n) is 23.6. The molecule has 3 atom stereocenters. The zero-order valence-corrected chi connectivity index (χ0v) is 23.6. The number of benzene rings is 2. The van der Waals surface area contributed by atoms with Gasteiger partial charge in [-0.25, -0.2) is 0 Å². The van der Waals surface area contributed by atoms with Crippen molar-refractivity contribution >= 4 is 5.57 Å². The molecule has 0 fully saturated rings. The fourth-order valence-corrected chi connectivity index (χ4v) is 5.67. The summed E-state index contributed by atoms with van der Waals surface area (Å²) in [4.78, 5) is 0. The van der Waals surface area contributed by atoms with Crippen LogP contribution in [0.5, 0.6) is 0 Å².